The van der Waals surface area contributed by atoms with Gasteiger partial charge in [0.1, 0.15) is 0 Å². The zero-order chi connectivity index (χ0) is 15.1. The standard InChI is InChI=1S/C12H16BrN3O3S/c1-8-5-9(13)10(14)6-11(8)20(18,19)16-4-3-15(2)12(17)7-16/h5-6H,3-4,7,14H2,1-2H3. The van der Waals surface area contributed by atoms with Crippen molar-refractivity contribution in [2.24, 2.45) is 0 Å². The number of hydrogen-bond acceptors (Lipinski definition) is 4. The van der Waals surface area contributed by atoms with Crippen molar-refractivity contribution >= 4 is 37.5 Å². The van der Waals surface area contributed by atoms with Gasteiger partial charge in [-0.25, -0.2) is 8.42 Å². The van der Waals surface area contributed by atoms with Gasteiger partial charge in [-0.1, -0.05) is 0 Å². The molecular formula is C12H16BrN3O3S. The van der Waals surface area contributed by atoms with Crippen molar-refractivity contribution in [2.75, 3.05) is 32.4 Å². The number of anilines is 1. The van der Waals surface area contributed by atoms with Crippen LogP contribution in [0.25, 0.3) is 0 Å². The molecule has 8 heteroatoms. The highest BCUT2D eigenvalue weighted by atomic mass is 79.9. The Morgan fingerprint density at radius 2 is 1.95 bits per heavy atom. The quantitative estimate of drug-likeness (QED) is 0.789. The van der Waals surface area contributed by atoms with E-state index in [0.29, 0.717) is 28.8 Å². The largest absolute Gasteiger partial charge is 0.398 e. The molecule has 0 saturated carbocycles. The minimum absolute atomic E-state index is 0.131. The van der Waals surface area contributed by atoms with Gasteiger partial charge < -0.3 is 10.6 Å². The molecular weight excluding hydrogens is 346 g/mol. The summed E-state index contributed by atoms with van der Waals surface area (Å²) in [6, 6.07) is 3.09. The maximum Gasteiger partial charge on any atom is 0.243 e. The molecule has 2 N–H and O–H groups in total. The van der Waals surface area contributed by atoms with Crippen LogP contribution in [0.2, 0.25) is 0 Å². The number of aryl methyl sites for hydroxylation is 1. The topological polar surface area (TPSA) is 83.7 Å². The summed E-state index contributed by atoms with van der Waals surface area (Å²) in [4.78, 5) is 13.3. The summed E-state index contributed by atoms with van der Waals surface area (Å²) >= 11 is 3.27. The Morgan fingerprint density at radius 1 is 1.30 bits per heavy atom. The van der Waals surface area contributed by atoms with Gasteiger partial charge in [-0.05, 0) is 40.5 Å². The van der Waals surface area contributed by atoms with Crippen molar-refractivity contribution in [2.45, 2.75) is 11.8 Å². The summed E-state index contributed by atoms with van der Waals surface area (Å²) in [5, 5.41) is 0. The SMILES string of the molecule is Cc1cc(Br)c(N)cc1S(=O)(=O)N1CCN(C)C(=O)C1. The van der Waals surface area contributed by atoms with Gasteiger partial charge in [0.15, 0.2) is 0 Å². The van der Waals surface area contributed by atoms with Gasteiger partial charge in [-0.3, -0.25) is 4.79 Å². The molecule has 0 bridgehead atoms. The van der Waals surface area contributed by atoms with Crippen molar-refractivity contribution in [3.05, 3.63) is 22.2 Å². The lowest BCUT2D eigenvalue weighted by Crippen LogP contribution is -2.50. The predicted octanol–water partition coefficient (Wildman–Crippen LogP) is 0.802. The number of hydrogen-bond donors (Lipinski definition) is 1. The van der Waals surface area contributed by atoms with E-state index in [9.17, 15) is 13.2 Å². The second kappa shape index (κ2) is 5.34. The molecule has 1 amide bonds. The summed E-state index contributed by atoms with van der Waals surface area (Å²) in [5.41, 5.74) is 6.71. The first-order valence-corrected chi connectivity index (χ1v) is 8.26. The summed E-state index contributed by atoms with van der Waals surface area (Å²) in [6.45, 7) is 2.26. The van der Waals surface area contributed by atoms with E-state index in [1.165, 1.54) is 15.3 Å². The number of sulfonamides is 1. The first-order valence-electron chi connectivity index (χ1n) is 6.03. The molecule has 0 aliphatic carbocycles. The van der Waals surface area contributed by atoms with Crippen LogP contribution in [0.3, 0.4) is 0 Å². The predicted molar refractivity (Wildman–Crippen MR) is 79.7 cm³/mol. The number of rotatable bonds is 2. The number of nitrogens with zero attached hydrogens (tertiary/aromatic N) is 2. The zero-order valence-corrected chi connectivity index (χ0v) is 13.7. The fourth-order valence-electron chi connectivity index (χ4n) is 2.03. The Labute approximate surface area is 126 Å². The monoisotopic (exact) mass is 361 g/mol. The second-order valence-corrected chi connectivity index (χ2v) is 7.55. The minimum atomic E-state index is -3.70. The maximum atomic E-state index is 12.6. The number of piperazine rings is 1. The van der Waals surface area contributed by atoms with Crippen molar-refractivity contribution in [1.82, 2.24) is 9.21 Å². The van der Waals surface area contributed by atoms with Crippen LogP contribution in [0.1, 0.15) is 5.56 Å². The van der Waals surface area contributed by atoms with Gasteiger partial charge >= 0.3 is 0 Å². The van der Waals surface area contributed by atoms with Crippen LogP contribution in [0.15, 0.2) is 21.5 Å². The molecule has 20 heavy (non-hydrogen) atoms. The maximum absolute atomic E-state index is 12.6. The van der Waals surface area contributed by atoms with E-state index < -0.39 is 10.0 Å². The molecule has 1 heterocycles. The van der Waals surface area contributed by atoms with E-state index in [0.717, 1.165) is 0 Å². The first kappa shape index (κ1) is 15.3. The Bertz CT molecular complexity index is 660. The third kappa shape index (κ3) is 2.68. The molecule has 110 valence electrons. The number of benzene rings is 1. The van der Waals surface area contributed by atoms with Crippen LogP contribution in [0.5, 0.6) is 0 Å². The Balaban J connectivity index is 2.41. The van der Waals surface area contributed by atoms with Gasteiger partial charge in [0.05, 0.1) is 11.4 Å². The Hall–Kier alpha value is -1.12. The lowest BCUT2D eigenvalue weighted by molar-refractivity contribution is -0.132. The smallest absolute Gasteiger partial charge is 0.243 e. The molecule has 1 fully saturated rings. The van der Waals surface area contributed by atoms with Crippen molar-refractivity contribution < 1.29 is 13.2 Å². The number of carbonyl (C=O) groups excluding carboxylic acids is 1. The van der Waals surface area contributed by atoms with Gasteiger partial charge in [-0.15, -0.1) is 0 Å². The molecule has 1 aliphatic heterocycles. The molecule has 1 aliphatic rings. The average Bonchev–Trinajstić information content (AvgIpc) is 2.36. The van der Waals surface area contributed by atoms with E-state index in [-0.39, 0.29) is 17.3 Å². The second-order valence-electron chi connectivity index (χ2n) is 4.79. The lowest BCUT2D eigenvalue weighted by Gasteiger charge is -2.31. The van der Waals surface area contributed by atoms with E-state index in [2.05, 4.69) is 15.9 Å². The number of amides is 1. The molecule has 1 saturated heterocycles. The van der Waals surface area contributed by atoms with Crippen molar-refractivity contribution in [3.63, 3.8) is 0 Å². The number of nitrogen functional groups attached to an aromatic ring is 1. The molecule has 0 radical (unpaired) electrons. The van der Waals surface area contributed by atoms with E-state index in [1.807, 2.05) is 0 Å². The van der Waals surface area contributed by atoms with E-state index in [1.54, 1.807) is 20.0 Å². The van der Waals surface area contributed by atoms with Gasteiger partial charge in [0, 0.05) is 30.3 Å². The highest BCUT2D eigenvalue weighted by Crippen LogP contribution is 2.28. The third-order valence-corrected chi connectivity index (χ3v) is 6.01. The summed E-state index contributed by atoms with van der Waals surface area (Å²) in [5.74, 6) is -0.206. The molecule has 6 nitrogen and oxygen atoms in total. The average molecular weight is 362 g/mol. The van der Waals surface area contributed by atoms with Gasteiger partial charge in [0.25, 0.3) is 0 Å². The van der Waals surface area contributed by atoms with Gasteiger partial charge in [-0.2, -0.15) is 4.31 Å². The normalized spacial score (nSPS) is 17.6. The molecule has 0 spiro atoms. The molecule has 0 aromatic heterocycles. The summed E-state index contributed by atoms with van der Waals surface area (Å²) < 4.78 is 27.1. The highest BCUT2D eigenvalue weighted by molar-refractivity contribution is 9.10. The number of halogens is 1. The van der Waals surface area contributed by atoms with Crippen LogP contribution in [0, 0.1) is 6.92 Å². The number of likely N-dealkylation sites (N-methyl/N-ethyl adjacent to an activating group) is 1. The first-order chi connectivity index (χ1) is 9.23. The molecule has 1 aromatic rings. The number of carbonyl (C=O) groups is 1. The van der Waals surface area contributed by atoms with Crippen LogP contribution in [-0.4, -0.2) is 50.2 Å². The van der Waals surface area contributed by atoms with E-state index in [4.69, 9.17) is 5.73 Å². The Morgan fingerprint density at radius 3 is 2.55 bits per heavy atom. The fraction of sp³-hybridized carbons (Fsp3) is 0.417. The van der Waals surface area contributed by atoms with Gasteiger partial charge in [0.2, 0.25) is 15.9 Å². The van der Waals surface area contributed by atoms with Crippen LogP contribution < -0.4 is 5.73 Å². The summed E-state index contributed by atoms with van der Waals surface area (Å²) in [7, 11) is -2.04. The fourth-order valence-corrected chi connectivity index (χ4v) is 4.11. The van der Waals surface area contributed by atoms with Crippen molar-refractivity contribution in [3.8, 4) is 0 Å². The van der Waals surface area contributed by atoms with Crippen molar-refractivity contribution in [1.29, 1.82) is 0 Å². The number of nitrogens with two attached hydrogens (primary N) is 1. The summed E-state index contributed by atoms with van der Waals surface area (Å²) in [6.07, 6.45) is 0. The minimum Gasteiger partial charge on any atom is -0.398 e. The molecule has 0 atom stereocenters. The molecule has 2 rings (SSSR count). The molecule has 0 unspecified atom stereocenters. The van der Waals surface area contributed by atoms with E-state index >= 15 is 0 Å². The van der Waals surface area contributed by atoms with Crippen LogP contribution >= 0.6 is 15.9 Å². The third-order valence-electron chi connectivity index (χ3n) is 3.33. The van der Waals surface area contributed by atoms with Crippen LogP contribution in [0.4, 0.5) is 5.69 Å². The Kier molecular flexibility index (Phi) is 4.08. The van der Waals surface area contributed by atoms with Crippen LogP contribution in [-0.2, 0) is 14.8 Å². The lowest BCUT2D eigenvalue weighted by atomic mass is 10.2. The molecule has 1 aromatic carbocycles. The zero-order valence-electron chi connectivity index (χ0n) is 11.3. The highest BCUT2D eigenvalue weighted by Gasteiger charge is 2.32.